The lowest BCUT2D eigenvalue weighted by Crippen LogP contribution is -2.22. The Bertz CT molecular complexity index is 67.1. The summed E-state index contributed by atoms with van der Waals surface area (Å²) in [6.07, 6.45) is 0.423. The van der Waals surface area contributed by atoms with Crippen molar-refractivity contribution in [1.29, 1.82) is 0 Å². The van der Waals surface area contributed by atoms with Gasteiger partial charge in [-0.15, -0.1) is 0 Å². The molecule has 0 aromatic rings. The minimum Gasteiger partial charge on any atom is -0.393 e. The number of aliphatic hydroxyl groups excluding tert-OH is 1. The minimum atomic E-state index is -1.03. The Kier molecular flexibility index (Phi) is 3.73. The van der Waals surface area contributed by atoms with Gasteiger partial charge in [0.1, 0.15) is 4.33 Å². The fourth-order valence-electron chi connectivity index (χ4n) is 0.290. The lowest BCUT2D eigenvalue weighted by atomic mass is 10.3. The molecule has 8 heavy (non-hydrogen) atoms. The molecule has 0 saturated carbocycles. The molecule has 0 aliphatic heterocycles. The number of halogens is 2. The molecular weight excluding hydrogens is 149 g/mol. The highest BCUT2D eigenvalue weighted by Gasteiger charge is 2.20. The van der Waals surface area contributed by atoms with Crippen LogP contribution in [-0.4, -0.2) is 22.6 Å². The fraction of sp³-hybridized carbons (Fsp3) is 1.00. The van der Waals surface area contributed by atoms with Crippen LogP contribution in [0.2, 0.25) is 0 Å². The lowest BCUT2D eigenvalue weighted by molar-refractivity contribution is 0.275. The topological polar surface area (TPSA) is 46.2 Å². The zero-order valence-electron chi connectivity index (χ0n) is 4.40. The van der Waals surface area contributed by atoms with Crippen LogP contribution in [0.3, 0.4) is 0 Å². The summed E-state index contributed by atoms with van der Waals surface area (Å²) in [6.45, 7) is 0.154. The van der Waals surface area contributed by atoms with E-state index in [1.54, 1.807) is 0 Å². The summed E-state index contributed by atoms with van der Waals surface area (Å²) in [7, 11) is 0. The Morgan fingerprint density at radius 3 is 2.12 bits per heavy atom. The summed E-state index contributed by atoms with van der Waals surface area (Å²) in [4.78, 5) is 0. The molecule has 0 atom stereocenters. The van der Waals surface area contributed by atoms with Crippen LogP contribution in [-0.2, 0) is 0 Å². The predicted molar refractivity (Wildman–Crippen MR) is 35.2 cm³/mol. The molecule has 0 unspecified atom stereocenters. The van der Waals surface area contributed by atoms with Crippen LogP contribution in [0.25, 0.3) is 0 Å². The second kappa shape index (κ2) is 3.51. The van der Waals surface area contributed by atoms with Crippen molar-refractivity contribution in [3.8, 4) is 0 Å². The van der Waals surface area contributed by atoms with Crippen molar-refractivity contribution in [3.05, 3.63) is 0 Å². The number of hydrogen-bond acceptors (Lipinski definition) is 2. The van der Waals surface area contributed by atoms with Gasteiger partial charge in [0.05, 0.1) is 6.61 Å². The molecule has 0 amide bonds. The van der Waals surface area contributed by atoms with E-state index in [0.717, 1.165) is 0 Å². The first-order valence-corrected chi connectivity index (χ1v) is 3.07. The van der Waals surface area contributed by atoms with Crippen LogP contribution in [0.4, 0.5) is 0 Å². The largest absolute Gasteiger partial charge is 0.393 e. The van der Waals surface area contributed by atoms with Gasteiger partial charge in [0.15, 0.2) is 0 Å². The van der Waals surface area contributed by atoms with Gasteiger partial charge in [-0.1, -0.05) is 23.2 Å². The summed E-state index contributed by atoms with van der Waals surface area (Å²) in [6, 6.07) is 0. The smallest absolute Gasteiger partial charge is 0.142 e. The van der Waals surface area contributed by atoms with Crippen molar-refractivity contribution >= 4 is 23.2 Å². The molecule has 0 bridgehead atoms. The molecular formula is C4H9Cl2NO. The molecule has 3 N–H and O–H groups in total. The molecule has 0 saturated heterocycles. The molecule has 0 aromatic carbocycles. The first-order valence-electron chi connectivity index (χ1n) is 2.31. The zero-order valence-corrected chi connectivity index (χ0v) is 5.91. The van der Waals surface area contributed by atoms with Gasteiger partial charge in [0.2, 0.25) is 0 Å². The summed E-state index contributed by atoms with van der Waals surface area (Å²) < 4.78 is -1.03. The standard InChI is InChI=1S/C4H9Cl2NO/c5-4(6,3-8)1-2-7/h8H,1-3,7H2. The van der Waals surface area contributed by atoms with Gasteiger partial charge < -0.3 is 10.8 Å². The molecule has 0 heterocycles. The Hall–Kier alpha value is 0.500. The molecule has 0 aromatic heterocycles. The summed E-state index contributed by atoms with van der Waals surface area (Å²) in [5.74, 6) is 0. The SMILES string of the molecule is NCCC(Cl)(Cl)CO. The van der Waals surface area contributed by atoms with E-state index in [1.807, 2.05) is 0 Å². The van der Waals surface area contributed by atoms with Crippen LogP contribution >= 0.6 is 23.2 Å². The monoisotopic (exact) mass is 157 g/mol. The van der Waals surface area contributed by atoms with E-state index in [0.29, 0.717) is 13.0 Å². The second-order valence-electron chi connectivity index (χ2n) is 1.55. The molecule has 2 nitrogen and oxygen atoms in total. The van der Waals surface area contributed by atoms with Crippen molar-refractivity contribution in [3.63, 3.8) is 0 Å². The van der Waals surface area contributed by atoms with Gasteiger partial charge in [-0.05, 0) is 13.0 Å². The van der Waals surface area contributed by atoms with E-state index < -0.39 is 4.33 Å². The summed E-state index contributed by atoms with van der Waals surface area (Å²) >= 11 is 10.9. The number of alkyl halides is 2. The highest BCUT2D eigenvalue weighted by Crippen LogP contribution is 2.22. The Labute approximate surface area is 58.6 Å². The Balaban J connectivity index is 3.37. The van der Waals surface area contributed by atoms with E-state index in [-0.39, 0.29) is 6.61 Å². The highest BCUT2D eigenvalue weighted by atomic mass is 35.5. The maximum absolute atomic E-state index is 8.41. The van der Waals surface area contributed by atoms with Crippen molar-refractivity contribution in [2.24, 2.45) is 5.73 Å². The molecule has 50 valence electrons. The maximum Gasteiger partial charge on any atom is 0.142 e. The van der Waals surface area contributed by atoms with Crippen molar-refractivity contribution in [1.82, 2.24) is 0 Å². The first-order chi connectivity index (χ1) is 3.62. The quantitative estimate of drug-likeness (QED) is 0.587. The third-order valence-electron chi connectivity index (χ3n) is 0.741. The molecule has 0 aliphatic carbocycles. The Morgan fingerprint density at radius 2 is 2.00 bits per heavy atom. The second-order valence-corrected chi connectivity index (χ2v) is 3.19. The molecule has 4 heteroatoms. The van der Waals surface area contributed by atoms with E-state index in [9.17, 15) is 0 Å². The lowest BCUT2D eigenvalue weighted by Gasteiger charge is -2.13. The van der Waals surface area contributed by atoms with Gasteiger partial charge in [-0.25, -0.2) is 0 Å². The van der Waals surface area contributed by atoms with Gasteiger partial charge in [0, 0.05) is 0 Å². The zero-order chi connectivity index (χ0) is 6.62. The van der Waals surface area contributed by atoms with Crippen molar-refractivity contribution < 1.29 is 5.11 Å². The molecule has 0 spiro atoms. The fourth-order valence-corrected chi connectivity index (χ4v) is 0.508. The van der Waals surface area contributed by atoms with Gasteiger partial charge in [-0.3, -0.25) is 0 Å². The van der Waals surface area contributed by atoms with Crippen LogP contribution in [0.1, 0.15) is 6.42 Å². The Morgan fingerprint density at radius 1 is 1.50 bits per heavy atom. The molecule has 0 aliphatic rings. The molecule has 0 rings (SSSR count). The van der Waals surface area contributed by atoms with Crippen molar-refractivity contribution in [2.45, 2.75) is 10.8 Å². The van der Waals surface area contributed by atoms with E-state index in [4.69, 9.17) is 34.0 Å². The number of rotatable bonds is 3. The number of hydrogen-bond donors (Lipinski definition) is 2. The van der Waals surface area contributed by atoms with E-state index >= 15 is 0 Å². The van der Waals surface area contributed by atoms with Crippen LogP contribution in [0.5, 0.6) is 0 Å². The molecule has 0 fully saturated rings. The maximum atomic E-state index is 8.41. The minimum absolute atomic E-state index is 0.243. The van der Waals surface area contributed by atoms with Crippen LogP contribution in [0, 0.1) is 0 Å². The summed E-state index contributed by atoms with van der Waals surface area (Å²) in [5.41, 5.74) is 5.11. The van der Waals surface area contributed by atoms with E-state index in [1.165, 1.54) is 0 Å². The van der Waals surface area contributed by atoms with Crippen LogP contribution < -0.4 is 5.73 Å². The highest BCUT2D eigenvalue weighted by molar-refractivity contribution is 6.48. The van der Waals surface area contributed by atoms with Gasteiger partial charge in [-0.2, -0.15) is 0 Å². The third kappa shape index (κ3) is 3.50. The number of aliphatic hydroxyl groups is 1. The predicted octanol–water partition coefficient (Wildman–Crippen LogP) is 0.501. The normalized spacial score (nSPS) is 12.0. The van der Waals surface area contributed by atoms with E-state index in [2.05, 4.69) is 0 Å². The van der Waals surface area contributed by atoms with Crippen molar-refractivity contribution in [2.75, 3.05) is 13.2 Å². The number of nitrogens with two attached hydrogens (primary N) is 1. The molecule has 0 radical (unpaired) electrons. The van der Waals surface area contributed by atoms with Crippen LogP contribution in [0.15, 0.2) is 0 Å². The van der Waals surface area contributed by atoms with Gasteiger partial charge in [0.25, 0.3) is 0 Å². The average molecular weight is 158 g/mol. The summed E-state index contributed by atoms with van der Waals surface area (Å²) in [5, 5.41) is 8.41. The van der Waals surface area contributed by atoms with Gasteiger partial charge >= 0.3 is 0 Å². The first kappa shape index (κ1) is 8.50. The third-order valence-corrected chi connectivity index (χ3v) is 1.36. The average Bonchev–Trinajstić information content (AvgIpc) is 1.67.